The van der Waals surface area contributed by atoms with Crippen molar-refractivity contribution in [2.75, 3.05) is 7.11 Å². The Hall–Kier alpha value is -1.10. The van der Waals surface area contributed by atoms with Crippen molar-refractivity contribution in [3.05, 3.63) is 27.5 Å². The molecule has 0 radical (unpaired) electrons. The zero-order valence-corrected chi connectivity index (χ0v) is 11.7. The van der Waals surface area contributed by atoms with E-state index in [1.807, 2.05) is 20.8 Å². The highest BCUT2D eigenvalue weighted by Gasteiger charge is 2.26. The number of hydrogen-bond acceptors (Lipinski definition) is 3. The van der Waals surface area contributed by atoms with Crippen LogP contribution < -0.4 is 0 Å². The molecule has 3 nitrogen and oxygen atoms in total. The molecule has 1 aromatic carbocycles. The summed E-state index contributed by atoms with van der Waals surface area (Å²) in [7, 11) is 1.18. The first-order chi connectivity index (χ1) is 7.70. The Morgan fingerprint density at radius 2 is 2.00 bits per heavy atom. The van der Waals surface area contributed by atoms with Gasteiger partial charge in [0.2, 0.25) is 0 Å². The zero-order valence-electron chi connectivity index (χ0n) is 10.1. The quantitative estimate of drug-likeness (QED) is 0.809. The fourth-order valence-electron chi connectivity index (χ4n) is 1.45. The number of ether oxygens (including phenoxy) is 1. The Kier molecular flexibility index (Phi) is 3.81. The van der Waals surface area contributed by atoms with Crippen LogP contribution in [0, 0.1) is 5.82 Å². The summed E-state index contributed by atoms with van der Waals surface area (Å²) in [6.07, 6.45) is 0. The summed E-state index contributed by atoms with van der Waals surface area (Å²) in [5.74, 6) is -1.78. The summed E-state index contributed by atoms with van der Waals surface area (Å²) in [5, 5.41) is 9.85. The van der Waals surface area contributed by atoms with Crippen molar-refractivity contribution in [2.45, 2.75) is 26.2 Å². The monoisotopic (exact) mass is 304 g/mol. The second-order valence-electron chi connectivity index (χ2n) is 4.69. The number of carbonyl (C=O) groups excluding carboxylic acids is 1. The van der Waals surface area contributed by atoms with E-state index in [1.54, 1.807) is 0 Å². The molecule has 0 fully saturated rings. The Balaban J connectivity index is 3.56. The molecule has 1 aromatic rings. The first-order valence-electron chi connectivity index (χ1n) is 5.00. The van der Waals surface area contributed by atoms with Gasteiger partial charge < -0.3 is 9.84 Å². The molecule has 94 valence electrons. The van der Waals surface area contributed by atoms with Gasteiger partial charge in [0.25, 0.3) is 0 Å². The summed E-state index contributed by atoms with van der Waals surface area (Å²) in [6.45, 7) is 5.56. The topological polar surface area (TPSA) is 46.5 Å². The average molecular weight is 305 g/mol. The Morgan fingerprint density at radius 1 is 1.47 bits per heavy atom. The molecule has 0 aliphatic heterocycles. The SMILES string of the molecule is COC(=O)c1cc(C(C)(C)C)c(O)c(Br)c1F. The van der Waals surface area contributed by atoms with E-state index in [-0.39, 0.29) is 15.8 Å². The number of hydrogen-bond donors (Lipinski definition) is 1. The first-order valence-corrected chi connectivity index (χ1v) is 5.79. The van der Waals surface area contributed by atoms with Gasteiger partial charge in [-0.15, -0.1) is 0 Å². The normalized spacial score (nSPS) is 11.4. The molecule has 0 bridgehead atoms. The van der Waals surface area contributed by atoms with Crippen LogP contribution in [0.25, 0.3) is 0 Å². The lowest BCUT2D eigenvalue weighted by Gasteiger charge is -2.22. The zero-order chi connectivity index (χ0) is 13.4. The van der Waals surface area contributed by atoms with Gasteiger partial charge in [0.15, 0.2) is 5.82 Å². The van der Waals surface area contributed by atoms with Crippen molar-refractivity contribution in [3.63, 3.8) is 0 Å². The number of methoxy groups -OCH3 is 1. The van der Waals surface area contributed by atoms with Gasteiger partial charge in [0.1, 0.15) is 5.75 Å². The van der Waals surface area contributed by atoms with Crippen molar-refractivity contribution in [2.24, 2.45) is 0 Å². The lowest BCUT2D eigenvalue weighted by atomic mass is 9.85. The third kappa shape index (κ3) is 2.60. The second-order valence-corrected chi connectivity index (χ2v) is 5.48. The molecule has 0 unspecified atom stereocenters. The highest BCUT2D eigenvalue weighted by molar-refractivity contribution is 9.10. The molecule has 0 saturated heterocycles. The molecule has 1 N–H and O–H groups in total. The summed E-state index contributed by atoms with van der Waals surface area (Å²) >= 11 is 2.94. The molecule has 0 aliphatic rings. The largest absolute Gasteiger partial charge is 0.506 e. The summed E-state index contributed by atoms with van der Waals surface area (Å²) in [4.78, 5) is 11.4. The summed E-state index contributed by atoms with van der Waals surface area (Å²) in [5.41, 5.74) is -0.128. The van der Waals surface area contributed by atoms with E-state index in [4.69, 9.17) is 0 Å². The van der Waals surface area contributed by atoms with Gasteiger partial charge in [-0.3, -0.25) is 0 Å². The van der Waals surface area contributed by atoms with Crippen molar-refractivity contribution >= 4 is 21.9 Å². The molecule has 5 heteroatoms. The fourth-order valence-corrected chi connectivity index (χ4v) is 1.87. The number of aromatic hydroxyl groups is 1. The van der Waals surface area contributed by atoms with E-state index in [1.165, 1.54) is 13.2 Å². The van der Waals surface area contributed by atoms with Gasteiger partial charge in [-0.25, -0.2) is 9.18 Å². The van der Waals surface area contributed by atoms with Crippen LogP contribution in [0.4, 0.5) is 4.39 Å². The van der Waals surface area contributed by atoms with Crippen molar-refractivity contribution in [3.8, 4) is 5.75 Å². The van der Waals surface area contributed by atoms with Crippen LogP contribution in [0.2, 0.25) is 0 Å². The molecule has 0 saturated carbocycles. The van der Waals surface area contributed by atoms with Gasteiger partial charge in [-0.05, 0) is 27.4 Å². The van der Waals surface area contributed by atoms with E-state index in [0.29, 0.717) is 5.56 Å². The van der Waals surface area contributed by atoms with Crippen LogP contribution in [0.1, 0.15) is 36.7 Å². The van der Waals surface area contributed by atoms with E-state index in [2.05, 4.69) is 20.7 Å². The van der Waals surface area contributed by atoms with Crippen LogP contribution in [0.3, 0.4) is 0 Å². The highest BCUT2D eigenvalue weighted by atomic mass is 79.9. The van der Waals surface area contributed by atoms with E-state index in [9.17, 15) is 14.3 Å². The smallest absolute Gasteiger partial charge is 0.340 e. The van der Waals surface area contributed by atoms with Crippen molar-refractivity contribution in [1.82, 2.24) is 0 Å². The predicted molar refractivity (Wildman–Crippen MR) is 65.8 cm³/mol. The number of esters is 1. The van der Waals surface area contributed by atoms with Crippen LogP contribution in [0.5, 0.6) is 5.75 Å². The number of phenolic OH excluding ortho intramolecular Hbond substituents is 1. The molecule has 0 atom stereocenters. The first kappa shape index (κ1) is 14.0. The second kappa shape index (κ2) is 4.64. The summed E-state index contributed by atoms with van der Waals surface area (Å²) < 4.78 is 18.1. The molecular formula is C12H14BrFO3. The number of rotatable bonds is 1. The minimum atomic E-state index is -0.817. The minimum Gasteiger partial charge on any atom is -0.506 e. The maximum Gasteiger partial charge on any atom is 0.340 e. The van der Waals surface area contributed by atoms with Gasteiger partial charge in [0, 0.05) is 5.56 Å². The fraction of sp³-hybridized carbons (Fsp3) is 0.417. The maximum atomic E-state index is 13.8. The number of carbonyl (C=O) groups is 1. The van der Waals surface area contributed by atoms with Gasteiger partial charge in [-0.1, -0.05) is 20.8 Å². The Morgan fingerprint density at radius 3 is 2.41 bits per heavy atom. The van der Waals surface area contributed by atoms with E-state index in [0.717, 1.165) is 0 Å². The van der Waals surface area contributed by atoms with Gasteiger partial charge in [0.05, 0.1) is 17.1 Å². The molecule has 0 amide bonds. The Labute approximate surface area is 108 Å². The lowest BCUT2D eigenvalue weighted by molar-refractivity contribution is 0.0595. The minimum absolute atomic E-state index is 0.120. The Bertz CT molecular complexity index is 464. The van der Waals surface area contributed by atoms with Crippen molar-refractivity contribution in [1.29, 1.82) is 0 Å². The van der Waals surface area contributed by atoms with Crippen LogP contribution >= 0.6 is 15.9 Å². The standard InChI is InChI=1S/C12H14BrFO3/c1-12(2,3)7-5-6(11(16)17-4)9(14)8(13)10(7)15/h5,15H,1-4H3. The lowest BCUT2D eigenvalue weighted by Crippen LogP contribution is -2.15. The molecule has 0 spiro atoms. The molecular weight excluding hydrogens is 291 g/mol. The third-order valence-corrected chi connectivity index (χ3v) is 3.12. The predicted octanol–water partition coefficient (Wildman–Crippen LogP) is 3.38. The maximum absolute atomic E-state index is 13.8. The molecule has 0 aromatic heterocycles. The summed E-state index contributed by atoms with van der Waals surface area (Å²) in [6, 6.07) is 1.32. The third-order valence-electron chi connectivity index (χ3n) is 2.39. The van der Waals surface area contributed by atoms with Crippen molar-refractivity contribution < 1.29 is 19.0 Å². The number of halogens is 2. The van der Waals surface area contributed by atoms with E-state index < -0.39 is 17.2 Å². The molecule has 17 heavy (non-hydrogen) atoms. The number of benzene rings is 1. The van der Waals surface area contributed by atoms with Crippen LogP contribution in [0.15, 0.2) is 10.5 Å². The highest BCUT2D eigenvalue weighted by Crippen LogP contribution is 2.39. The van der Waals surface area contributed by atoms with E-state index >= 15 is 0 Å². The van der Waals surface area contributed by atoms with Gasteiger partial charge in [-0.2, -0.15) is 0 Å². The molecule has 0 aliphatic carbocycles. The van der Waals surface area contributed by atoms with Gasteiger partial charge >= 0.3 is 5.97 Å². The molecule has 0 heterocycles. The van der Waals surface area contributed by atoms with Crippen LogP contribution in [-0.4, -0.2) is 18.2 Å². The number of phenols is 1. The van der Waals surface area contributed by atoms with Crippen LogP contribution in [-0.2, 0) is 10.2 Å². The molecule has 1 rings (SSSR count). The average Bonchev–Trinajstić information content (AvgIpc) is 2.23.